The van der Waals surface area contributed by atoms with E-state index in [0.29, 0.717) is 16.6 Å². The van der Waals surface area contributed by atoms with E-state index in [1.54, 1.807) is 6.07 Å². The van der Waals surface area contributed by atoms with Crippen LogP contribution >= 0.6 is 11.6 Å². The molecule has 0 saturated heterocycles. The summed E-state index contributed by atoms with van der Waals surface area (Å²) in [6, 6.07) is 4.36. The van der Waals surface area contributed by atoms with Crippen molar-refractivity contribution in [1.29, 1.82) is 0 Å². The molecule has 0 atom stereocenters. The molecule has 1 aliphatic carbocycles. The third-order valence-corrected chi connectivity index (χ3v) is 4.41. The van der Waals surface area contributed by atoms with Gasteiger partial charge >= 0.3 is 0 Å². The summed E-state index contributed by atoms with van der Waals surface area (Å²) >= 11 is 6.09. The van der Waals surface area contributed by atoms with E-state index in [9.17, 15) is 15.2 Å². The Morgan fingerprint density at radius 1 is 1.50 bits per heavy atom. The van der Waals surface area contributed by atoms with E-state index in [-0.39, 0.29) is 17.8 Å². The monoisotopic (exact) mass is 298 g/mol. The molecule has 0 heterocycles. The van der Waals surface area contributed by atoms with Gasteiger partial charge in [0.05, 0.1) is 27.8 Å². The average Bonchev–Trinajstić information content (AvgIpc) is 2.43. The number of nitro benzene ring substituents is 1. The minimum absolute atomic E-state index is 0.0316. The lowest BCUT2D eigenvalue weighted by atomic mass is 9.77. The van der Waals surface area contributed by atoms with Crippen LogP contribution < -0.4 is 5.32 Å². The summed E-state index contributed by atoms with van der Waals surface area (Å²) in [7, 11) is 0. The molecule has 5 nitrogen and oxygen atoms in total. The summed E-state index contributed by atoms with van der Waals surface area (Å²) < 4.78 is 0. The number of aliphatic hydroxyl groups is 1. The highest BCUT2D eigenvalue weighted by Crippen LogP contribution is 2.36. The SMILES string of the molecule is CC1CCC(CO)(Nc2ccc([N+](=O)[O-])cc2Cl)CC1. The Morgan fingerprint density at radius 3 is 2.65 bits per heavy atom. The number of hydrogen-bond donors (Lipinski definition) is 2. The maximum Gasteiger partial charge on any atom is 0.271 e. The molecule has 110 valence electrons. The van der Waals surface area contributed by atoms with Gasteiger partial charge in [0.1, 0.15) is 0 Å². The number of aliphatic hydroxyl groups excluding tert-OH is 1. The zero-order valence-corrected chi connectivity index (χ0v) is 12.2. The predicted octanol–water partition coefficient (Wildman–Crippen LogP) is 3.60. The molecular formula is C14H19ClN2O3. The first-order chi connectivity index (χ1) is 9.46. The van der Waals surface area contributed by atoms with Crippen LogP contribution in [0.25, 0.3) is 0 Å². The molecule has 6 heteroatoms. The number of nitro groups is 1. The fourth-order valence-electron chi connectivity index (χ4n) is 2.64. The van der Waals surface area contributed by atoms with E-state index in [0.717, 1.165) is 25.7 Å². The normalized spacial score (nSPS) is 26.2. The van der Waals surface area contributed by atoms with Gasteiger partial charge in [-0.2, -0.15) is 0 Å². The van der Waals surface area contributed by atoms with Crippen LogP contribution in [-0.4, -0.2) is 22.2 Å². The quantitative estimate of drug-likeness (QED) is 0.658. The highest BCUT2D eigenvalue weighted by atomic mass is 35.5. The standard InChI is InChI=1S/C14H19ClN2O3/c1-10-4-6-14(9-18,7-5-10)16-13-3-2-11(17(19)20)8-12(13)15/h2-3,8,10,16,18H,4-7,9H2,1H3. The van der Waals surface area contributed by atoms with Gasteiger partial charge in [-0.05, 0) is 37.7 Å². The second-order valence-electron chi connectivity index (χ2n) is 5.67. The Labute approximate surface area is 123 Å². The summed E-state index contributed by atoms with van der Waals surface area (Å²) in [6.07, 6.45) is 3.85. The summed E-state index contributed by atoms with van der Waals surface area (Å²) in [4.78, 5) is 10.2. The second kappa shape index (κ2) is 5.97. The van der Waals surface area contributed by atoms with Crippen molar-refractivity contribution in [3.8, 4) is 0 Å². The highest BCUT2D eigenvalue weighted by Gasteiger charge is 2.34. The number of hydrogen-bond acceptors (Lipinski definition) is 4. The van der Waals surface area contributed by atoms with E-state index >= 15 is 0 Å². The second-order valence-corrected chi connectivity index (χ2v) is 6.07. The van der Waals surface area contributed by atoms with Gasteiger partial charge in [-0.15, -0.1) is 0 Å². The van der Waals surface area contributed by atoms with Crippen molar-refractivity contribution >= 4 is 23.0 Å². The van der Waals surface area contributed by atoms with Crippen LogP contribution in [0.3, 0.4) is 0 Å². The Bertz CT molecular complexity index is 499. The molecule has 1 aromatic carbocycles. The van der Waals surface area contributed by atoms with E-state index in [2.05, 4.69) is 12.2 Å². The van der Waals surface area contributed by atoms with Crippen molar-refractivity contribution < 1.29 is 10.0 Å². The molecule has 0 radical (unpaired) electrons. The smallest absolute Gasteiger partial charge is 0.271 e. The molecular weight excluding hydrogens is 280 g/mol. The molecule has 2 rings (SSSR count). The average molecular weight is 299 g/mol. The van der Waals surface area contributed by atoms with E-state index in [4.69, 9.17) is 11.6 Å². The first-order valence-electron chi connectivity index (χ1n) is 6.79. The first-order valence-corrected chi connectivity index (χ1v) is 7.16. The summed E-state index contributed by atoms with van der Waals surface area (Å²) in [5.41, 5.74) is 0.239. The molecule has 20 heavy (non-hydrogen) atoms. The number of benzene rings is 1. The maximum atomic E-state index is 10.7. The molecule has 0 spiro atoms. The maximum absolute atomic E-state index is 10.7. The first kappa shape index (κ1) is 15.1. The van der Waals surface area contributed by atoms with E-state index in [1.807, 2.05) is 0 Å². The van der Waals surface area contributed by atoms with Crippen molar-refractivity contribution in [2.45, 2.75) is 38.1 Å². The van der Waals surface area contributed by atoms with Crippen LogP contribution in [0, 0.1) is 16.0 Å². The molecule has 0 aromatic heterocycles. The number of nitrogens with zero attached hydrogens (tertiary/aromatic N) is 1. The van der Waals surface area contributed by atoms with Crippen LogP contribution in [0.2, 0.25) is 5.02 Å². The lowest BCUT2D eigenvalue weighted by Gasteiger charge is -2.39. The van der Waals surface area contributed by atoms with Gasteiger partial charge in [0.25, 0.3) is 5.69 Å². The van der Waals surface area contributed by atoms with Gasteiger partial charge in [0.15, 0.2) is 0 Å². The molecule has 0 bridgehead atoms. The topological polar surface area (TPSA) is 75.4 Å². The minimum Gasteiger partial charge on any atom is -0.394 e. The summed E-state index contributed by atoms with van der Waals surface area (Å²) in [6.45, 7) is 2.24. The highest BCUT2D eigenvalue weighted by molar-refractivity contribution is 6.33. The number of nitrogens with one attached hydrogen (secondary N) is 1. The van der Waals surface area contributed by atoms with Crippen molar-refractivity contribution in [3.63, 3.8) is 0 Å². The zero-order chi connectivity index (χ0) is 14.8. The molecule has 1 aliphatic rings. The molecule has 0 unspecified atom stereocenters. The van der Waals surface area contributed by atoms with Crippen molar-refractivity contribution in [2.75, 3.05) is 11.9 Å². The number of rotatable bonds is 4. The Morgan fingerprint density at radius 2 is 2.15 bits per heavy atom. The van der Waals surface area contributed by atoms with Crippen molar-refractivity contribution in [1.82, 2.24) is 0 Å². The van der Waals surface area contributed by atoms with Crippen LogP contribution in [-0.2, 0) is 0 Å². The van der Waals surface area contributed by atoms with Gasteiger partial charge in [0.2, 0.25) is 0 Å². The van der Waals surface area contributed by atoms with Crippen LogP contribution in [0.4, 0.5) is 11.4 Å². The lowest BCUT2D eigenvalue weighted by molar-refractivity contribution is -0.384. The molecule has 0 aliphatic heterocycles. The zero-order valence-electron chi connectivity index (χ0n) is 11.4. The summed E-state index contributed by atoms with van der Waals surface area (Å²) in [5.74, 6) is 0.670. The molecule has 0 amide bonds. The fourth-order valence-corrected chi connectivity index (χ4v) is 2.86. The predicted molar refractivity (Wildman–Crippen MR) is 79.2 cm³/mol. The lowest BCUT2D eigenvalue weighted by Crippen LogP contribution is -2.45. The van der Waals surface area contributed by atoms with Gasteiger partial charge in [-0.25, -0.2) is 0 Å². The van der Waals surface area contributed by atoms with Crippen molar-refractivity contribution in [2.24, 2.45) is 5.92 Å². The van der Waals surface area contributed by atoms with Crippen LogP contribution in [0.5, 0.6) is 0 Å². The fraction of sp³-hybridized carbons (Fsp3) is 0.571. The third kappa shape index (κ3) is 3.22. The molecule has 1 aromatic rings. The van der Waals surface area contributed by atoms with Crippen LogP contribution in [0.1, 0.15) is 32.6 Å². The Hall–Kier alpha value is -1.33. The molecule has 1 saturated carbocycles. The molecule has 2 N–H and O–H groups in total. The Balaban J connectivity index is 2.17. The number of non-ortho nitro benzene ring substituents is 1. The third-order valence-electron chi connectivity index (χ3n) is 4.10. The Kier molecular flexibility index (Phi) is 4.50. The summed E-state index contributed by atoms with van der Waals surface area (Å²) in [5, 5.41) is 24.0. The van der Waals surface area contributed by atoms with E-state index in [1.165, 1.54) is 12.1 Å². The van der Waals surface area contributed by atoms with Gasteiger partial charge < -0.3 is 10.4 Å². The number of anilines is 1. The van der Waals surface area contributed by atoms with Gasteiger partial charge in [-0.1, -0.05) is 18.5 Å². The van der Waals surface area contributed by atoms with Gasteiger partial charge in [-0.3, -0.25) is 10.1 Å². The largest absolute Gasteiger partial charge is 0.394 e. The van der Waals surface area contributed by atoms with Gasteiger partial charge in [0, 0.05) is 12.1 Å². The number of halogens is 1. The van der Waals surface area contributed by atoms with E-state index < -0.39 is 4.92 Å². The minimum atomic E-state index is -0.472. The molecule has 1 fully saturated rings. The van der Waals surface area contributed by atoms with Crippen LogP contribution in [0.15, 0.2) is 18.2 Å². The van der Waals surface area contributed by atoms with Crippen molar-refractivity contribution in [3.05, 3.63) is 33.3 Å².